The zero-order valence-corrected chi connectivity index (χ0v) is 22.5. The minimum absolute atomic E-state index is 0.236. The van der Waals surface area contributed by atoms with Crippen molar-refractivity contribution < 1.29 is 10.2 Å². The van der Waals surface area contributed by atoms with Gasteiger partial charge in [-0.05, 0) is 70.4 Å². The third kappa shape index (κ3) is 5.82. The van der Waals surface area contributed by atoms with E-state index < -0.39 is 0 Å². The molecule has 0 aromatic heterocycles. The molecule has 3 nitrogen and oxygen atoms in total. The van der Waals surface area contributed by atoms with E-state index in [1.54, 1.807) is 59.9 Å². The summed E-state index contributed by atoms with van der Waals surface area (Å²) < 4.78 is 2.27. The Labute approximate surface area is 229 Å². The van der Waals surface area contributed by atoms with Crippen LogP contribution in [0.4, 0.5) is 0 Å². The molecule has 0 saturated heterocycles. The van der Waals surface area contributed by atoms with Crippen molar-refractivity contribution in [1.82, 2.24) is 3.71 Å². The van der Waals surface area contributed by atoms with Crippen molar-refractivity contribution >= 4 is 67.9 Å². The van der Waals surface area contributed by atoms with Gasteiger partial charge in [-0.1, -0.05) is 84.9 Å². The van der Waals surface area contributed by atoms with E-state index in [2.05, 4.69) is 40.1 Å². The predicted octanol–water partition coefficient (Wildman–Crippen LogP) is 8.68. The number of thioether (sulfide) groups is 1. The van der Waals surface area contributed by atoms with Gasteiger partial charge in [-0.25, -0.2) is 0 Å². The van der Waals surface area contributed by atoms with Crippen LogP contribution in [0.15, 0.2) is 109 Å². The lowest BCUT2D eigenvalue weighted by Crippen LogP contribution is -2.02. The second-order valence-corrected chi connectivity index (χ2v) is 11.6. The van der Waals surface area contributed by atoms with Crippen LogP contribution < -0.4 is 0 Å². The average molecular weight is 546 g/mol. The van der Waals surface area contributed by atoms with Crippen LogP contribution in [0, 0.1) is 0 Å². The van der Waals surface area contributed by atoms with E-state index in [9.17, 15) is 10.2 Å². The topological polar surface area (TPSA) is 43.7 Å². The zero-order valence-electron chi connectivity index (χ0n) is 19.1. The van der Waals surface area contributed by atoms with Gasteiger partial charge in [-0.15, -0.1) is 24.4 Å². The largest absolute Gasteiger partial charge is 0.508 e. The lowest BCUT2D eigenvalue weighted by molar-refractivity contribution is 0.474. The molecule has 2 N–H and O–H groups in total. The molecular formula is C29H23NO2S4. The molecule has 4 aromatic rings. The summed E-state index contributed by atoms with van der Waals surface area (Å²) in [6, 6.07) is 35.2. The second-order valence-electron chi connectivity index (χ2n) is 7.95. The minimum Gasteiger partial charge on any atom is -0.508 e. The summed E-state index contributed by atoms with van der Waals surface area (Å²) in [6.45, 7) is 0. The first-order valence-corrected chi connectivity index (χ1v) is 14.2. The first kappa shape index (κ1) is 25.0. The van der Waals surface area contributed by atoms with Crippen molar-refractivity contribution in [2.24, 2.45) is 0 Å². The van der Waals surface area contributed by atoms with Gasteiger partial charge >= 0.3 is 0 Å². The molecule has 0 spiro atoms. The van der Waals surface area contributed by atoms with Crippen LogP contribution in [0.1, 0.15) is 22.3 Å². The molecule has 0 fully saturated rings. The molecule has 0 amide bonds. The molecule has 180 valence electrons. The number of benzene rings is 4. The fourth-order valence-corrected chi connectivity index (χ4v) is 7.79. The summed E-state index contributed by atoms with van der Waals surface area (Å²) in [5, 5.41) is 19.5. The number of hydrogen-bond acceptors (Lipinski definition) is 7. The highest BCUT2D eigenvalue weighted by Gasteiger charge is 2.27. The van der Waals surface area contributed by atoms with E-state index in [-0.39, 0.29) is 11.5 Å². The van der Waals surface area contributed by atoms with Crippen molar-refractivity contribution in [2.45, 2.75) is 0 Å². The Morgan fingerprint density at radius 2 is 1.14 bits per heavy atom. The van der Waals surface area contributed by atoms with E-state index in [1.807, 2.05) is 48.5 Å². The summed E-state index contributed by atoms with van der Waals surface area (Å²) in [6.07, 6.45) is 0. The molecule has 4 aromatic carbocycles. The molecule has 0 radical (unpaired) electrons. The smallest absolute Gasteiger partial charge is 0.115 e. The fourth-order valence-electron chi connectivity index (χ4n) is 3.67. The highest BCUT2D eigenvalue weighted by Crippen LogP contribution is 2.55. The molecule has 0 saturated carbocycles. The summed E-state index contributed by atoms with van der Waals surface area (Å²) in [5.41, 5.74) is 4.31. The van der Waals surface area contributed by atoms with Gasteiger partial charge < -0.3 is 10.2 Å². The summed E-state index contributed by atoms with van der Waals surface area (Å²) >= 11 is 10.1. The Bertz CT molecular complexity index is 1390. The Hall–Kier alpha value is -2.68. The van der Waals surface area contributed by atoms with Crippen LogP contribution >= 0.6 is 48.3 Å². The van der Waals surface area contributed by atoms with Gasteiger partial charge in [0.05, 0.1) is 5.88 Å². The van der Waals surface area contributed by atoms with E-state index >= 15 is 0 Å². The number of rotatable bonds is 7. The van der Waals surface area contributed by atoms with Gasteiger partial charge in [0.1, 0.15) is 11.5 Å². The lowest BCUT2D eigenvalue weighted by atomic mass is 10.1. The van der Waals surface area contributed by atoms with Gasteiger partial charge in [-0.2, -0.15) is 3.71 Å². The number of nitrogens with zero attached hydrogens (tertiary/aromatic N) is 1. The van der Waals surface area contributed by atoms with Crippen LogP contribution in [-0.4, -0.2) is 19.8 Å². The van der Waals surface area contributed by atoms with Gasteiger partial charge in [0.2, 0.25) is 0 Å². The van der Waals surface area contributed by atoms with Crippen LogP contribution in [-0.2, 0) is 0 Å². The van der Waals surface area contributed by atoms with Gasteiger partial charge in [0.25, 0.3) is 0 Å². The lowest BCUT2D eigenvalue weighted by Gasteiger charge is -2.17. The van der Waals surface area contributed by atoms with Crippen molar-refractivity contribution in [3.63, 3.8) is 0 Å². The number of phenols is 2. The molecule has 0 bridgehead atoms. The molecule has 0 unspecified atom stereocenters. The van der Waals surface area contributed by atoms with Crippen molar-refractivity contribution in [2.75, 3.05) is 5.88 Å². The highest BCUT2D eigenvalue weighted by molar-refractivity contribution is 8.26. The summed E-state index contributed by atoms with van der Waals surface area (Å²) in [5.74, 6) is 1.22. The normalized spacial score (nSPS) is 14.7. The Morgan fingerprint density at radius 1 is 0.639 bits per heavy atom. The maximum atomic E-state index is 9.78. The summed E-state index contributed by atoms with van der Waals surface area (Å²) in [4.78, 5) is 4.31. The number of hydrogen-bond donors (Lipinski definition) is 3. The molecule has 1 heterocycles. The average Bonchev–Trinajstić information content (AvgIpc) is 3.35. The van der Waals surface area contributed by atoms with E-state index in [0.29, 0.717) is 0 Å². The third-order valence-electron chi connectivity index (χ3n) is 5.46. The highest BCUT2D eigenvalue weighted by atomic mass is 32.2. The van der Waals surface area contributed by atoms with E-state index in [4.69, 9.17) is 12.6 Å². The first-order valence-electron chi connectivity index (χ1n) is 11.2. The first-order chi connectivity index (χ1) is 17.6. The Kier molecular flexibility index (Phi) is 8.04. The molecule has 1 aliphatic heterocycles. The third-order valence-corrected chi connectivity index (χ3v) is 10.0. The van der Waals surface area contributed by atoms with Crippen molar-refractivity contribution in [3.05, 3.63) is 131 Å². The number of thiol groups is 1. The van der Waals surface area contributed by atoms with E-state index in [0.717, 1.165) is 32.4 Å². The monoisotopic (exact) mass is 545 g/mol. The molecular weight excluding hydrogens is 523 g/mol. The van der Waals surface area contributed by atoms with Crippen molar-refractivity contribution in [1.29, 1.82) is 0 Å². The molecule has 7 heteroatoms. The quantitative estimate of drug-likeness (QED) is 0.123. The molecule has 0 aliphatic carbocycles. The molecule has 5 rings (SSSR count). The minimum atomic E-state index is 0.236. The second kappa shape index (κ2) is 11.6. The van der Waals surface area contributed by atoms with Crippen LogP contribution in [0.2, 0.25) is 0 Å². The maximum Gasteiger partial charge on any atom is 0.115 e. The standard InChI is InChI=1S/C29H23NO2S4/c31-24-15-11-20(12-16-24)26(33)27(21-7-3-1-4-8-21)34-19-30-35-28(22-9-5-2-6-10-22)29(36-30)23-13-17-25(32)18-14-23/h1-18,31-33H,19H2/b27-26-. The number of aromatic hydroxyl groups is 2. The van der Waals surface area contributed by atoms with Crippen LogP contribution in [0.25, 0.3) is 19.6 Å². The van der Waals surface area contributed by atoms with Gasteiger partial charge in [0, 0.05) is 19.6 Å². The molecule has 1 aliphatic rings. The van der Waals surface area contributed by atoms with Gasteiger partial charge in [-0.3, -0.25) is 0 Å². The maximum absolute atomic E-state index is 9.78. The van der Waals surface area contributed by atoms with Crippen LogP contribution in [0.5, 0.6) is 11.5 Å². The fraction of sp³-hybridized carbons (Fsp3) is 0.0345. The van der Waals surface area contributed by atoms with Crippen LogP contribution in [0.3, 0.4) is 0 Å². The summed E-state index contributed by atoms with van der Waals surface area (Å²) in [7, 11) is 0. The number of phenolic OH excluding ortho intramolecular Hbond substituents is 2. The SMILES string of the molecule is Oc1ccc(C2=C(c3ccccc3)SN(CS/C(=C(\S)c3ccc(O)cc3)c3ccccc3)S2)cc1. The Morgan fingerprint density at radius 3 is 1.72 bits per heavy atom. The predicted molar refractivity (Wildman–Crippen MR) is 161 cm³/mol. The Balaban J connectivity index is 1.42. The zero-order chi connectivity index (χ0) is 24.9. The molecule has 0 atom stereocenters. The molecule has 36 heavy (non-hydrogen) atoms. The van der Waals surface area contributed by atoms with E-state index in [1.165, 1.54) is 15.4 Å². The van der Waals surface area contributed by atoms with Gasteiger partial charge in [0.15, 0.2) is 0 Å². The van der Waals surface area contributed by atoms with Crippen molar-refractivity contribution in [3.8, 4) is 11.5 Å².